The Kier molecular flexibility index (Phi) is 2.95. The van der Waals surface area contributed by atoms with Gasteiger partial charge in [0.2, 0.25) is 5.89 Å². The molecule has 5 heteroatoms. The first-order valence-corrected chi connectivity index (χ1v) is 7.17. The second-order valence-corrected chi connectivity index (χ2v) is 6.22. The van der Waals surface area contributed by atoms with Crippen molar-refractivity contribution in [2.24, 2.45) is 5.73 Å². The minimum Gasteiger partial charge on any atom is -0.339 e. The minimum absolute atomic E-state index is 0.132. The third-order valence-electron chi connectivity index (χ3n) is 3.90. The van der Waals surface area contributed by atoms with Gasteiger partial charge in [0, 0.05) is 17.3 Å². The van der Waals surface area contributed by atoms with E-state index in [-0.39, 0.29) is 11.5 Å². The summed E-state index contributed by atoms with van der Waals surface area (Å²) in [5, 5.41) is 6.14. The van der Waals surface area contributed by atoms with E-state index in [1.807, 2.05) is 6.07 Å². The summed E-state index contributed by atoms with van der Waals surface area (Å²) >= 11 is 1.71. The van der Waals surface area contributed by atoms with Crippen LogP contribution in [0.5, 0.6) is 0 Å². The molecule has 18 heavy (non-hydrogen) atoms. The molecule has 3 rings (SSSR count). The average molecular weight is 263 g/mol. The molecular formula is C13H17N3OS. The number of hydrogen-bond donors (Lipinski definition) is 1. The molecule has 0 bridgehead atoms. The molecule has 1 saturated carbocycles. The highest BCUT2D eigenvalue weighted by molar-refractivity contribution is 7.09. The topological polar surface area (TPSA) is 64.9 Å². The summed E-state index contributed by atoms with van der Waals surface area (Å²) in [5.41, 5.74) is 6.03. The standard InChI is InChI=1S/C13H17N3OS/c1-13(6-2-5-10(13)14)12-15-11(16-17-12)8-9-4-3-7-18-9/h3-4,7,10H,2,5-6,8,14H2,1H3. The highest BCUT2D eigenvalue weighted by atomic mass is 32.1. The Morgan fingerprint density at radius 3 is 3.17 bits per heavy atom. The van der Waals surface area contributed by atoms with Gasteiger partial charge in [0.1, 0.15) is 0 Å². The van der Waals surface area contributed by atoms with Gasteiger partial charge in [-0.3, -0.25) is 0 Å². The largest absolute Gasteiger partial charge is 0.339 e. The normalized spacial score (nSPS) is 27.8. The van der Waals surface area contributed by atoms with E-state index < -0.39 is 0 Å². The monoisotopic (exact) mass is 263 g/mol. The summed E-state index contributed by atoms with van der Waals surface area (Å²) in [4.78, 5) is 5.79. The molecule has 0 spiro atoms. The van der Waals surface area contributed by atoms with Crippen molar-refractivity contribution in [3.63, 3.8) is 0 Å². The van der Waals surface area contributed by atoms with E-state index in [2.05, 4.69) is 28.5 Å². The first kappa shape index (κ1) is 11.9. The smallest absolute Gasteiger partial charge is 0.234 e. The van der Waals surface area contributed by atoms with Gasteiger partial charge in [-0.15, -0.1) is 11.3 Å². The van der Waals surface area contributed by atoms with Gasteiger partial charge < -0.3 is 10.3 Å². The highest BCUT2D eigenvalue weighted by Crippen LogP contribution is 2.38. The van der Waals surface area contributed by atoms with Crippen LogP contribution >= 0.6 is 11.3 Å². The summed E-state index contributed by atoms with van der Waals surface area (Å²) in [6.07, 6.45) is 3.96. The molecule has 1 fully saturated rings. The summed E-state index contributed by atoms with van der Waals surface area (Å²) in [6.45, 7) is 2.13. The molecule has 0 saturated heterocycles. The maximum Gasteiger partial charge on any atom is 0.234 e. The fourth-order valence-corrected chi connectivity index (χ4v) is 3.29. The van der Waals surface area contributed by atoms with Crippen molar-refractivity contribution in [3.8, 4) is 0 Å². The zero-order chi connectivity index (χ0) is 12.6. The van der Waals surface area contributed by atoms with Crippen molar-refractivity contribution >= 4 is 11.3 Å². The van der Waals surface area contributed by atoms with E-state index in [1.165, 1.54) is 4.88 Å². The van der Waals surface area contributed by atoms with Gasteiger partial charge in [0.05, 0.1) is 5.41 Å². The average Bonchev–Trinajstić information content (AvgIpc) is 3.04. The van der Waals surface area contributed by atoms with Gasteiger partial charge in [0.25, 0.3) is 0 Å². The quantitative estimate of drug-likeness (QED) is 0.924. The van der Waals surface area contributed by atoms with E-state index in [0.29, 0.717) is 5.89 Å². The summed E-state index contributed by atoms with van der Waals surface area (Å²) in [7, 11) is 0. The Balaban J connectivity index is 1.81. The predicted molar refractivity (Wildman–Crippen MR) is 70.6 cm³/mol. The zero-order valence-electron chi connectivity index (χ0n) is 10.4. The predicted octanol–water partition coefficient (Wildman–Crippen LogP) is 2.49. The molecule has 2 heterocycles. The third kappa shape index (κ3) is 1.97. The molecule has 0 amide bonds. The first-order chi connectivity index (χ1) is 8.68. The molecular weight excluding hydrogens is 246 g/mol. The van der Waals surface area contributed by atoms with Crippen LogP contribution in [-0.2, 0) is 11.8 Å². The van der Waals surface area contributed by atoms with Crippen molar-refractivity contribution in [2.75, 3.05) is 0 Å². The highest BCUT2D eigenvalue weighted by Gasteiger charge is 2.42. The fraction of sp³-hybridized carbons (Fsp3) is 0.538. The number of rotatable bonds is 3. The van der Waals surface area contributed by atoms with Gasteiger partial charge in [0.15, 0.2) is 5.82 Å². The molecule has 2 aromatic heterocycles. The van der Waals surface area contributed by atoms with Crippen molar-refractivity contribution in [3.05, 3.63) is 34.1 Å². The van der Waals surface area contributed by atoms with Gasteiger partial charge in [-0.05, 0) is 31.2 Å². The van der Waals surface area contributed by atoms with E-state index in [4.69, 9.17) is 10.3 Å². The van der Waals surface area contributed by atoms with E-state index in [9.17, 15) is 0 Å². The summed E-state index contributed by atoms with van der Waals surface area (Å²) in [6, 6.07) is 4.26. The summed E-state index contributed by atoms with van der Waals surface area (Å²) < 4.78 is 5.43. The van der Waals surface area contributed by atoms with Crippen LogP contribution in [-0.4, -0.2) is 16.2 Å². The first-order valence-electron chi connectivity index (χ1n) is 6.29. The Hall–Kier alpha value is -1.20. The van der Waals surface area contributed by atoms with Gasteiger partial charge in [-0.25, -0.2) is 0 Å². The van der Waals surface area contributed by atoms with Crippen molar-refractivity contribution in [2.45, 2.75) is 44.1 Å². The third-order valence-corrected chi connectivity index (χ3v) is 4.78. The minimum atomic E-state index is -0.138. The van der Waals surface area contributed by atoms with Crippen molar-refractivity contribution < 1.29 is 4.52 Å². The molecule has 96 valence electrons. The molecule has 1 aliphatic rings. The molecule has 0 aliphatic heterocycles. The maximum absolute atomic E-state index is 6.16. The van der Waals surface area contributed by atoms with E-state index in [1.54, 1.807) is 11.3 Å². The van der Waals surface area contributed by atoms with Crippen LogP contribution in [0.1, 0.15) is 42.8 Å². The van der Waals surface area contributed by atoms with Crippen molar-refractivity contribution in [1.82, 2.24) is 10.1 Å². The van der Waals surface area contributed by atoms with Gasteiger partial charge in [-0.1, -0.05) is 17.6 Å². The van der Waals surface area contributed by atoms with Crippen LogP contribution < -0.4 is 5.73 Å². The molecule has 2 atom stereocenters. The van der Waals surface area contributed by atoms with Crippen molar-refractivity contribution in [1.29, 1.82) is 0 Å². The van der Waals surface area contributed by atoms with Crippen LogP contribution in [0.4, 0.5) is 0 Å². The Morgan fingerprint density at radius 2 is 2.50 bits per heavy atom. The van der Waals surface area contributed by atoms with Crippen LogP contribution in [0.15, 0.2) is 22.0 Å². The van der Waals surface area contributed by atoms with Gasteiger partial charge >= 0.3 is 0 Å². The second-order valence-electron chi connectivity index (χ2n) is 5.19. The lowest BCUT2D eigenvalue weighted by Gasteiger charge is -2.23. The molecule has 2 unspecified atom stereocenters. The number of nitrogens with two attached hydrogens (primary N) is 1. The Labute approximate surface area is 110 Å². The Bertz CT molecular complexity index is 522. The Morgan fingerprint density at radius 1 is 1.61 bits per heavy atom. The molecule has 2 aromatic rings. The molecule has 1 aliphatic carbocycles. The van der Waals surface area contributed by atoms with Crippen LogP contribution in [0.25, 0.3) is 0 Å². The molecule has 0 aromatic carbocycles. The molecule has 4 nitrogen and oxygen atoms in total. The van der Waals surface area contributed by atoms with Crippen LogP contribution in [0.2, 0.25) is 0 Å². The summed E-state index contributed by atoms with van der Waals surface area (Å²) in [5.74, 6) is 1.46. The lowest BCUT2D eigenvalue weighted by molar-refractivity contribution is 0.276. The van der Waals surface area contributed by atoms with E-state index in [0.717, 1.165) is 31.5 Å². The van der Waals surface area contributed by atoms with Gasteiger partial charge in [-0.2, -0.15) is 4.98 Å². The number of hydrogen-bond acceptors (Lipinski definition) is 5. The van der Waals surface area contributed by atoms with Crippen LogP contribution in [0, 0.1) is 0 Å². The lowest BCUT2D eigenvalue weighted by Crippen LogP contribution is -2.38. The SMILES string of the molecule is CC1(c2nc(Cc3cccs3)no2)CCCC1N. The number of aromatic nitrogens is 2. The number of thiophene rings is 1. The zero-order valence-corrected chi connectivity index (χ0v) is 11.2. The molecule has 2 N–H and O–H groups in total. The fourth-order valence-electron chi connectivity index (χ4n) is 2.59. The maximum atomic E-state index is 6.16. The van der Waals surface area contributed by atoms with E-state index >= 15 is 0 Å². The number of nitrogens with zero attached hydrogens (tertiary/aromatic N) is 2. The molecule has 0 radical (unpaired) electrons. The van der Waals surface area contributed by atoms with Crippen LogP contribution in [0.3, 0.4) is 0 Å². The lowest BCUT2D eigenvalue weighted by atomic mass is 9.85. The second kappa shape index (κ2) is 4.48.